The lowest BCUT2D eigenvalue weighted by Crippen LogP contribution is -2.43. The Morgan fingerprint density at radius 1 is 1.36 bits per heavy atom. The maximum atomic E-state index is 12.4. The van der Waals surface area contributed by atoms with Gasteiger partial charge in [-0.05, 0) is 32.1 Å². The molecule has 1 aliphatic heterocycles. The van der Waals surface area contributed by atoms with Gasteiger partial charge in [0.15, 0.2) is 0 Å². The number of rotatable bonds is 4. The molecule has 1 N–H and O–H groups in total. The molecule has 0 unspecified atom stereocenters. The zero-order valence-corrected chi connectivity index (χ0v) is 14.2. The predicted octanol–water partition coefficient (Wildman–Crippen LogP) is 2.26. The summed E-state index contributed by atoms with van der Waals surface area (Å²) in [5.41, 5.74) is 0. The van der Waals surface area contributed by atoms with Crippen molar-refractivity contribution < 1.29 is 4.79 Å². The Hall–Kier alpha value is -1.37. The van der Waals surface area contributed by atoms with Gasteiger partial charge in [0, 0.05) is 43.8 Å². The van der Waals surface area contributed by atoms with E-state index in [1.165, 1.54) is 24.4 Å². The minimum atomic E-state index is 0.110. The lowest BCUT2D eigenvalue weighted by atomic mass is 10.2. The van der Waals surface area contributed by atoms with Gasteiger partial charge >= 0.3 is 6.03 Å². The number of hydrogen-bond donors (Lipinski definition) is 1. The Bertz CT molecular complexity index is 520. The highest BCUT2D eigenvalue weighted by Gasteiger charge is 2.38. The molecule has 1 saturated carbocycles. The average molecular weight is 323 g/mol. The molecule has 0 spiro atoms. The maximum absolute atomic E-state index is 12.4. The highest BCUT2D eigenvalue weighted by Crippen LogP contribution is 2.34. The minimum Gasteiger partial charge on any atom is -0.345 e. The summed E-state index contributed by atoms with van der Waals surface area (Å²) in [5, 5.41) is 4.16. The van der Waals surface area contributed by atoms with Crippen LogP contribution in [0.15, 0.2) is 0 Å². The third-order valence-corrected chi connectivity index (χ3v) is 5.33. The van der Waals surface area contributed by atoms with Gasteiger partial charge in [0.25, 0.3) is 0 Å². The summed E-state index contributed by atoms with van der Waals surface area (Å²) in [4.78, 5) is 21.0. The van der Waals surface area contributed by atoms with Crippen molar-refractivity contribution in [2.75, 3.05) is 31.1 Å². The number of anilines is 1. The largest absolute Gasteiger partial charge is 0.345 e. The summed E-state index contributed by atoms with van der Waals surface area (Å²) in [6, 6.07) is 0.525. The number of nitrogens with one attached hydrogen (secondary N) is 1. The SMILES string of the molecule is CCC[C@H]1C[C@@H]1NC(=O)N1CCCN(c2nc(C)ns2)CC1. The van der Waals surface area contributed by atoms with Gasteiger partial charge in [-0.15, -0.1) is 0 Å². The molecule has 1 aromatic heterocycles. The van der Waals surface area contributed by atoms with Crippen LogP contribution in [0.1, 0.15) is 38.4 Å². The van der Waals surface area contributed by atoms with Crippen LogP contribution >= 0.6 is 11.5 Å². The summed E-state index contributed by atoms with van der Waals surface area (Å²) < 4.78 is 4.25. The standard InChI is InChI=1S/C15H25N5OS/c1-3-5-12-10-13(12)17-14(21)19-6-4-7-20(9-8-19)15-16-11(2)18-22-15/h12-13H,3-10H2,1-2H3,(H,17,21)/t12-,13-/m0/s1. The Morgan fingerprint density at radius 3 is 2.95 bits per heavy atom. The highest BCUT2D eigenvalue weighted by atomic mass is 32.1. The summed E-state index contributed by atoms with van der Waals surface area (Å²) in [5.74, 6) is 1.54. The van der Waals surface area contributed by atoms with Gasteiger partial charge in [0.05, 0.1) is 0 Å². The molecule has 0 radical (unpaired) electrons. The van der Waals surface area contributed by atoms with Crippen molar-refractivity contribution >= 4 is 22.7 Å². The first kappa shape index (κ1) is 15.5. The molecule has 6 nitrogen and oxygen atoms in total. The van der Waals surface area contributed by atoms with Crippen LogP contribution in [0.2, 0.25) is 0 Å². The molecular formula is C15H25N5OS. The number of carbonyl (C=O) groups excluding carboxylic acids is 1. The van der Waals surface area contributed by atoms with Gasteiger partial charge in [0.2, 0.25) is 5.13 Å². The fraction of sp³-hybridized carbons (Fsp3) is 0.800. The number of aryl methyl sites for hydroxylation is 1. The number of aromatic nitrogens is 2. The maximum Gasteiger partial charge on any atom is 0.317 e. The van der Waals surface area contributed by atoms with Crippen molar-refractivity contribution in [2.24, 2.45) is 5.92 Å². The lowest BCUT2D eigenvalue weighted by Gasteiger charge is -2.22. The van der Waals surface area contributed by atoms with Gasteiger partial charge in [-0.2, -0.15) is 4.37 Å². The molecule has 2 aliphatic rings. The van der Waals surface area contributed by atoms with Gasteiger partial charge in [-0.25, -0.2) is 9.78 Å². The molecule has 2 fully saturated rings. The van der Waals surface area contributed by atoms with Crippen LogP contribution in [0.3, 0.4) is 0 Å². The average Bonchev–Trinajstić information content (AvgIpc) is 3.15. The fourth-order valence-electron chi connectivity index (χ4n) is 3.09. The molecule has 1 aromatic rings. The molecule has 1 saturated heterocycles. The van der Waals surface area contributed by atoms with Gasteiger partial charge in [-0.1, -0.05) is 13.3 Å². The van der Waals surface area contributed by atoms with E-state index >= 15 is 0 Å². The molecule has 3 rings (SSSR count). The van der Waals surface area contributed by atoms with E-state index in [1.807, 2.05) is 11.8 Å². The van der Waals surface area contributed by atoms with E-state index in [0.717, 1.165) is 50.0 Å². The number of urea groups is 1. The van der Waals surface area contributed by atoms with Gasteiger partial charge in [-0.3, -0.25) is 0 Å². The first-order chi connectivity index (χ1) is 10.7. The van der Waals surface area contributed by atoms with Gasteiger partial charge < -0.3 is 15.1 Å². The normalized spacial score (nSPS) is 25.0. The summed E-state index contributed by atoms with van der Waals surface area (Å²) in [6.45, 7) is 7.49. The van der Waals surface area contributed by atoms with Crippen molar-refractivity contribution in [2.45, 2.75) is 45.6 Å². The molecule has 22 heavy (non-hydrogen) atoms. The molecule has 1 aliphatic carbocycles. The van der Waals surface area contributed by atoms with E-state index in [0.29, 0.717) is 12.0 Å². The molecule has 2 atom stereocenters. The number of nitrogens with zero attached hydrogens (tertiary/aromatic N) is 4. The van der Waals surface area contributed by atoms with E-state index in [2.05, 4.69) is 26.5 Å². The number of hydrogen-bond acceptors (Lipinski definition) is 5. The first-order valence-corrected chi connectivity index (χ1v) is 9.05. The zero-order valence-electron chi connectivity index (χ0n) is 13.4. The van der Waals surface area contributed by atoms with Crippen LogP contribution in [0.5, 0.6) is 0 Å². The summed E-state index contributed by atoms with van der Waals surface area (Å²) in [7, 11) is 0. The Kier molecular flexibility index (Phi) is 4.81. The van der Waals surface area contributed by atoms with Crippen LogP contribution in [-0.2, 0) is 0 Å². The number of carbonyl (C=O) groups is 1. The second-order valence-corrected chi connectivity index (χ2v) is 7.02. The second-order valence-electron chi connectivity index (χ2n) is 6.29. The van der Waals surface area contributed by atoms with Crippen LogP contribution in [-0.4, -0.2) is 52.5 Å². The van der Waals surface area contributed by atoms with Crippen molar-refractivity contribution in [3.05, 3.63) is 5.82 Å². The van der Waals surface area contributed by atoms with Crippen molar-refractivity contribution in [1.82, 2.24) is 19.6 Å². The topological polar surface area (TPSA) is 61.4 Å². The molecule has 2 heterocycles. The van der Waals surface area contributed by atoms with E-state index < -0.39 is 0 Å². The fourth-order valence-corrected chi connectivity index (χ4v) is 3.82. The van der Waals surface area contributed by atoms with E-state index in [1.54, 1.807) is 0 Å². The zero-order chi connectivity index (χ0) is 15.5. The monoisotopic (exact) mass is 323 g/mol. The van der Waals surface area contributed by atoms with Crippen LogP contribution in [0.4, 0.5) is 9.93 Å². The Balaban J connectivity index is 1.49. The molecule has 7 heteroatoms. The molecule has 2 amide bonds. The van der Waals surface area contributed by atoms with Crippen molar-refractivity contribution in [3.8, 4) is 0 Å². The smallest absolute Gasteiger partial charge is 0.317 e. The summed E-state index contributed by atoms with van der Waals surface area (Å²) >= 11 is 1.45. The van der Waals surface area contributed by atoms with Crippen molar-refractivity contribution in [1.29, 1.82) is 0 Å². The quantitative estimate of drug-likeness (QED) is 0.923. The number of amides is 2. The van der Waals surface area contributed by atoms with E-state index in [-0.39, 0.29) is 6.03 Å². The molecule has 0 bridgehead atoms. The highest BCUT2D eigenvalue weighted by molar-refractivity contribution is 7.09. The van der Waals surface area contributed by atoms with Gasteiger partial charge in [0.1, 0.15) is 5.82 Å². The Labute approximate surface area is 136 Å². The van der Waals surface area contributed by atoms with Crippen LogP contribution in [0, 0.1) is 12.8 Å². The first-order valence-electron chi connectivity index (χ1n) is 8.28. The van der Waals surface area contributed by atoms with E-state index in [4.69, 9.17) is 0 Å². The Morgan fingerprint density at radius 2 is 2.23 bits per heavy atom. The third kappa shape index (κ3) is 3.69. The third-order valence-electron chi connectivity index (χ3n) is 4.46. The summed E-state index contributed by atoms with van der Waals surface area (Å²) in [6.07, 6.45) is 4.57. The minimum absolute atomic E-state index is 0.110. The van der Waals surface area contributed by atoms with Crippen LogP contribution in [0.25, 0.3) is 0 Å². The second kappa shape index (κ2) is 6.81. The molecule has 122 valence electrons. The predicted molar refractivity (Wildman–Crippen MR) is 88.4 cm³/mol. The van der Waals surface area contributed by atoms with Crippen molar-refractivity contribution in [3.63, 3.8) is 0 Å². The molecule has 0 aromatic carbocycles. The lowest BCUT2D eigenvalue weighted by molar-refractivity contribution is 0.200. The van der Waals surface area contributed by atoms with E-state index in [9.17, 15) is 4.79 Å². The van der Waals surface area contributed by atoms with Crippen LogP contribution < -0.4 is 10.2 Å². The molecular weight excluding hydrogens is 298 g/mol.